The van der Waals surface area contributed by atoms with E-state index in [1.54, 1.807) is 0 Å². The third-order valence-corrected chi connectivity index (χ3v) is 12.8. The van der Waals surface area contributed by atoms with Gasteiger partial charge in [-0.3, -0.25) is 4.57 Å². The number of para-hydroxylation sites is 1. The molecule has 344 valence electrons. The number of aromatic nitrogens is 4. The Morgan fingerprint density at radius 2 is 1.28 bits per heavy atom. The van der Waals surface area contributed by atoms with Crippen molar-refractivity contribution in [3.05, 3.63) is 186 Å². The number of nitrogens with zero attached hydrogens (tertiary/aromatic N) is 4. The Balaban J connectivity index is 0.00000608. The fraction of sp³-hybridized carbons (Fsp3) is 0.279. The molecule has 0 spiro atoms. The molecule has 67 heavy (non-hydrogen) atoms. The average molecular weight is 1060 g/mol. The Hall–Kier alpha value is -6.03. The molecule has 0 saturated carbocycles. The van der Waals surface area contributed by atoms with Crippen molar-refractivity contribution < 1.29 is 30.4 Å². The van der Waals surface area contributed by atoms with Crippen molar-refractivity contribution in [2.75, 3.05) is 0 Å². The minimum atomic E-state index is -0.232. The first-order chi connectivity index (χ1) is 31.4. The number of benzene rings is 6. The van der Waals surface area contributed by atoms with Crippen LogP contribution in [0.3, 0.4) is 0 Å². The fourth-order valence-electron chi connectivity index (χ4n) is 9.11. The van der Waals surface area contributed by atoms with Gasteiger partial charge in [0.1, 0.15) is 5.82 Å². The summed E-state index contributed by atoms with van der Waals surface area (Å²) in [4.78, 5) is 4.89. The topological polar surface area (TPSA) is 35.9 Å². The maximum Gasteiger partial charge on any atom is 0.267 e. The minimum Gasteiger partial charge on any atom is -0.510 e. The molecular formula is C61H62N4OPt-2. The average Bonchev–Trinajstić information content (AvgIpc) is 3.89. The van der Waals surface area contributed by atoms with Crippen LogP contribution in [-0.2, 0) is 31.9 Å². The Labute approximate surface area is 412 Å². The van der Waals surface area contributed by atoms with Gasteiger partial charge < -0.3 is 13.9 Å². The van der Waals surface area contributed by atoms with E-state index in [1.807, 2.05) is 18.3 Å². The zero-order valence-corrected chi connectivity index (χ0v) is 43.3. The molecule has 0 aliphatic rings. The monoisotopic (exact) mass is 1060 g/mol. The molecule has 0 bridgehead atoms. The van der Waals surface area contributed by atoms with Gasteiger partial charge in [0.05, 0.1) is 11.4 Å². The zero-order valence-electron chi connectivity index (χ0n) is 41.0. The SMILES string of the molecule is CC(C)c1cc(C(C)C)c(-c2cccc(-[n+]3[c-]n(-c4[c-]c(Oc5[c-]c6c(cc5)c5ccccc5n6-c5cc(C(C)(C)C)ccn5)cc(-c5ccccc5)c4)c(C(C)(C)C)c3)c2)c(C(C)C)c1.[Pt]. The van der Waals surface area contributed by atoms with Crippen molar-refractivity contribution >= 4 is 21.8 Å². The van der Waals surface area contributed by atoms with Crippen LogP contribution in [0.4, 0.5) is 0 Å². The van der Waals surface area contributed by atoms with E-state index in [-0.39, 0.29) is 31.9 Å². The molecule has 0 aliphatic heterocycles. The summed E-state index contributed by atoms with van der Waals surface area (Å²) in [6.45, 7) is 27.3. The maximum atomic E-state index is 6.86. The summed E-state index contributed by atoms with van der Waals surface area (Å²) >= 11 is 0. The van der Waals surface area contributed by atoms with Gasteiger partial charge in [-0.05, 0) is 109 Å². The molecule has 9 aromatic rings. The van der Waals surface area contributed by atoms with Gasteiger partial charge in [-0.25, -0.2) is 4.98 Å². The predicted octanol–water partition coefficient (Wildman–Crippen LogP) is 15.7. The molecule has 0 amide bonds. The molecule has 5 nitrogen and oxygen atoms in total. The number of imidazole rings is 1. The summed E-state index contributed by atoms with van der Waals surface area (Å²) in [7, 11) is 0. The van der Waals surface area contributed by atoms with Gasteiger partial charge in [0, 0.05) is 50.5 Å². The van der Waals surface area contributed by atoms with Crippen molar-refractivity contribution in [2.45, 2.75) is 112 Å². The molecule has 0 unspecified atom stereocenters. The minimum absolute atomic E-state index is 0. The predicted molar refractivity (Wildman–Crippen MR) is 273 cm³/mol. The molecule has 9 rings (SSSR count). The first-order valence-electron chi connectivity index (χ1n) is 23.5. The maximum absolute atomic E-state index is 6.86. The molecule has 6 aromatic carbocycles. The van der Waals surface area contributed by atoms with Gasteiger partial charge in [-0.2, -0.15) is 12.1 Å². The van der Waals surface area contributed by atoms with Gasteiger partial charge in [0.15, 0.2) is 0 Å². The van der Waals surface area contributed by atoms with Crippen LogP contribution in [0.2, 0.25) is 0 Å². The Morgan fingerprint density at radius 1 is 0.597 bits per heavy atom. The molecule has 0 N–H and O–H groups in total. The third-order valence-electron chi connectivity index (χ3n) is 12.8. The standard InChI is InChI=1S/C61H62N4O.Pt/c1-39(2)44-32-53(40(3)4)59(54(33-44)41(5)6)43-21-18-22-47(29-43)63-37-57(61(10,11)12)64(38-63)48-30-45(42-19-14-13-15-20-42)31-50(35-48)66-49-25-26-52-51-23-16-17-24-55(51)65(56(52)36-49)58-34-46(27-28-62-58)60(7,8)9;/h13-34,37,39-41H,1-12H3;/q-2;. The Bertz CT molecular complexity index is 3200. The molecule has 0 radical (unpaired) electrons. The van der Waals surface area contributed by atoms with E-state index in [0.29, 0.717) is 29.3 Å². The van der Waals surface area contributed by atoms with Gasteiger partial charge in [0.25, 0.3) is 6.33 Å². The van der Waals surface area contributed by atoms with Crippen LogP contribution in [-0.4, -0.2) is 14.1 Å². The van der Waals surface area contributed by atoms with E-state index < -0.39 is 0 Å². The van der Waals surface area contributed by atoms with E-state index in [2.05, 4.69) is 237 Å². The van der Waals surface area contributed by atoms with Crippen LogP contribution in [0.1, 0.15) is 129 Å². The summed E-state index contributed by atoms with van der Waals surface area (Å²) in [5.74, 6) is 3.24. The van der Waals surface area contributed by atoms with E-state index in [9.17, 15) is 0 Å². The zero-order chi connectivity index (χ0) is 46.7. The van der Waals surface area contributed by atoms with Gasteiger partial charge in [-0.1, -0.05) is 161 Å². The van der Waals surface area contributed by atoms with Gasteiger partial charge >= 0.3 is 0 Å². The number of hydrogen-bond acceptors (Lipinski definition) is 2. The van der Waals surface area contributed by atoms with Crippen LogP contribution in [0.5, 0.6) is 11.5 Å². The quantitative estimate of drug-likeness (QED) is 0.101. The third kappa shape index (κ3) is 9.46. The smallest absolute Gasteiger partial charge is 0.267 e. The first kappa shape index (κ1) is 47.5. The van der Waals surface area contributed by atoms with Crippen LogP contribution in [0.25, 0.3) is 61.3 Å². The summed E-state index contributed by atoms with van der Waals surface area (Å²) in [5.41, 5.74) is 14.7. The number of pyridine rings is 1. The first-order valence-corrected chi connectivity index (χ1v) is 23.5. The van der Waals surface area contributed by atoms with Crippen molar-refractivity contribution in [1.82, 2.24) is 14.1 Å². The number of rotatable bonds is 10. The molecule has 0 saturated heterocycles. The normalized spacial score (nSPS) is 12.2. The molecule has 3 aromatic heterocycles. The number of fused-ring (bicyclic) bond motifs is 3. The summed E-state index contributed by atoms with van der Waals surface area (Å²) in [5, 5.41) is 2.22. The number of hydrogen-bond donors (Lipinski definition) is 0. The second kappa shape index (κ2) is 18.6. The van der Waals surface area contributed by atoms with Crippen LogP contribution < -0.4 is 9.30 Å². The largest absolute Gasteiger partial charge is 0.510 e. The Morgan fingerprint density at radius 3 is 1.96 bits per heavy atom. The Kier molecular flexibility index (Phi) is 13.2. The van der Waals surface area contributed by atoms with Crippen molar-refractivity contribution in [3.63, 3.8) is 0 Å². The number of ether oxygens (including phenoxy) is 1. The second-order valence-corrected chi connectivity index (χ2v) is 20.8. The van der Waals surface area contributed by atoms with Crippen LogP contribution in [0.15, 0.2) is 140 Å². The fourth-order valence-corrected chi connectivity index (χ4v) is 9.11. The molecular weight excluding hydrogens is 1000 g/mol. The molecule has 6 heteroatoms. The summed E-state index contributed by atoms with van der Waals surface area (Å²) in [6.07, 6.45) is 7.91. The van der Waals surface area contributed by atoms with Crippen molar-refractivity contribution in [3.8, 4) is 50.9 Å². The summed E-state index contributed by atoms with van der Waals surface area (Å²) in [6, 6.07) is 52.8. The van der Waals surface area contributed by atoms with Crippen LogP contribution >= 0.6 is 0 Å². The van der Waals surface area contributed by atoms with E-state index in [0.717, 1.165) is 55.8 Å². The van der Waals surface area contributed by atoms with Gasteiger partial charge in [0.2, 0.25) is 0 Å². The van der Waals surface area contributed by atoms with Gasteiger partial charge in [-0.15, -0.1) is 35.2 Å². The van der Waals surface area contributed by atoms with Crippen molar-refractivity contribution in [1.29, 1.82) is 0 Å². The van der Waals surface area contributed by atoms with E-state index in [4.69, 9.17) is 9.72 Å². The molecule has 0 atom stereocenters. The van der Waals surface area contributed by atoms with E-state index >= 15 is 0 Å². The summed E-state index contributed by atoms with van der Waals surface area (Å²) < 4.78 is 13.4. The van der Waals surface area contributed by atoms with E-state index in [1.165, 1.54) is 33.4 Å². The van der Waals surface area contributed by atoms with Crippen LogP contribution in [0, 0.1) is 18.5 Å². The van der Waals surface area contributed by atoms with Crippen molar-refractivity contribution in [2.24, 2.45) is 0 Å². The molecule has 0 aliphatic carbocycles. The second-order valence-electron chi connectivity index (χ2n) is 20.8. The molecule has 3 heterocycles. The molecule has 0 fully saturated rings.